The molecule has 1 atom stereocenters. The Hall–Kier alpha value is -1.26. The summed E-state index contributed by atoms with van der Waals surface area (Å²) in [6, 6.07) is 7.79. The normalized spacial score (nSPS) is 17.4. The van der Waals surface area contributed by atoms with E-state index in [1.165, 1.54) is 6.42 Å². The number of nitrogens with one attached hydrogen (secondary N) is 2. The standard InChI is InChI=1S/C16H24N2O2.ClH/c1-12(2)11-20-15-7-3-5-13(9-15)16(19)18-10-14-6-4-8-17-14;/h3,5,7,9,12,14,17H,4,6,8,10-11H2,1-2H3,(H,18,19);1H. The Morgan fingerprint density at radius 3 is 2.95 bits per heavy atom. The van der Waals surface area contributed by atoms with E-state index in [0.29, 0.717) is 30.7 Å². The molecule has 1 aliphatic heterocycles. The van der Waals surface area contributed by atoms with Gasteiger partial charge in [0.05, 0.1) is 6.61 Å². The molecule has 1 amide bonds. The molecule has 0 radical (unpaired) electrons. The maximum Gasteiger partial charge on any atom is 0.251 e. The van der Waals surface area contributed by atoms with E-state index in [1.807, 2.05) is 18.2 Å². The first-order valence-electron chi connectivity index (χ1n) is 7.39. The molecule has 1 fully saturated rings. The Morgan fingerprint density at radius 2 is 2.29 bits per heavy atom. The lowest BCUT2D eigenvalue weighted by Gasteiger charge is -2.12. The molecule has 1 unspecified atom stereocenters. The number of halogens is 1. The summed E-state index contributed by atoms with van der Waals surface area (Å²) in [5, 5.41) is 6.34. The van der Waals surface area contributed by atoms with Crippen LogP contribution in [0.4, 0.5) is 0 Å². The molecule has 2 rings (SSSR count). The molecule has 0 saturated carbocycles. The number of benzene rings is 1. The van der Waals surface area contributed by atoms with Crippen molar-refractivity contribution in [1.29, 1.82) is 0 Å². The number of carbonyl (C=O) groups is 1. The first-order chi connectivity index (χ1) is 9.65. The van der Waals surface area contributed by atoms with E-state index < -0.39 is 0 Å². The molecule has 21 heavy (non-hydrogen) atoms. The van der Waals surface area contributed by atoms with Crippen molar-refractivity contribution in [2.45, 2.75) is 32.7 Å². The molecule has 0 aromatic heterocycles. The molecule has 0 bridgehead atoms. The van der Waals surface area contributed by atoms with Crippen LogP contribution in [0.1, 0.15) is 37.0 Å². The van der Waals surface area contributed by atoms with Gasteiger partial charge in [-0.25, -0.2) is 0 Å². The summed E-state index contributed by atoms with van der Waals surface area (Å²) in [4.78, 5) is 12.1. The summed E-state index contributed by atoms with van der Waals surface area (Å²) in [5.74, 6) is 1.19. The third-order valence-electron chi connectivity index (χ3n) is 3.35. The van der Waals surface area contributed by atoms with Crippen molar-refractivity contribution in [3.05, 3.63) is 29.8 Å². The van der Waals surface area contributed by atoms with Crippen LogP contribution in [-0.2, 0) is 0 Å². The van der Waals surface area contributed by atoms with Gasteiger partial charge in [-0.2, -0.15) is 0 Å². The number of carbonyl (C=O) groups excluding carboxylic acids is 1. The van der Waals surface area contributed by atoms with E-state index in [0.717, 1.165) is 18.7 Å². The molecule has 1 heterocycles. The molecule has 5 heteroatoms. The fraction of sp³-hybridized carbons (Fsp3) is 0.562. The summed E-state index contributed by atoms with van der Waals surface area (Å²) >= 11 is 0. The highest BCUT2D eigenvalue weighted by molar-refractivity contribution is 5.94. The van der Waals surface area contributed by atoms with Gasteiger partial charge >= 0.3 is 0 Å². The Bertz CT molecular complexity index is 446. The predicted octanol–water partition coefficient (Wildman–Crippen LogP) is 2.63. The minimum Gasteiger partial charge on any atom is -0.493 e. The molecule has 118 valence electrons. The fourth-order valence-electron chi connectivity index (χ4n) is 2.24. The number of hydrogen-bond donors (Lipinski definition) is 2. The average molecular weight is 313 g/mol. The second-order valence-electron chi connectivity index (χ2n) is 5.74. The Labute approximate surface area is 133 Å². The van der Waals surface area contributed by atoms with Crippen LogP contribution in [0.25, 0.3) is 0 Å². The van der Waals surface area contributed by atoms with Crippen LogP contribution < -0.4 is 15.4 Å². The summed E-state index contributed by atoms with van der Waals surface area (Å²) in [6.07, 6.45) is 2.33. The van der Waals surface area contributed by atoms with E-state index >= 15 is 0 Å². The van der Waals surface area contributed by atoms with Crippen molar-refractivity contribution >= 4 is 18.3 Å². The molecule has 0 spiro atoms. The smallest absolute Gasteiger partial charge is 0.251 e. The summed E-state index contributed by atoms with van der Waals surface area (Å²) in [6.45, 7) is 6.61. The zero-order valence-electron chi connectivity index (χ0n) is 12.7. The first kappa shape index (κ1) is 17.8. The third-order valence-corrected chi connectivity index (χ3v) is 3.35. The molecular formula is C16H25ClN2O2. The van der Waals surface area contributed by atoms with Crippen LogP contribution >= 0.6 is 12.4 Å². The van der Waals surface area contributed by atoms with Crippen molar-refractivity contribution in [1.82, 2.24) is 10.6 Å². The SMILES string of the molecule is CC(C)COc1cccc(C(=O)NCC2CCCN2)c1.Cl. The molecular weight excluding hydrogens is 288 g/mol. The van der Waals surface area contributed by atoms with E-state index in [-0.39, 0.29) is 18.3 Å². The first-order valence-corrected chi connectivity index (χ1v) is 7.39. The lowest BCUT2D eigenvalue weighted by atomic mass is 10.2. The van der Waals surface area contributed by atoms with Gasteiger partial charge in [0.25, 0.3) is 5.91 Å². The second kappa shape index (κ2) is 8.90. The summed E-state index contributed by atoms with van der Waals surface area (Å²) in [5.41, 5.74) is 0.657. The van der Waals surface area contributed by atoms with Gasteiger partial charge in [-0.05, 0) is 43.5 Å². The topological polar surface area (TPSA) is 50.4 Å². The largest absolute Gasteiger partial charge is 0.493 e. The van der Waals surface area contributed by atoms with Gasteiger partial charge < -0.3 is 15.4 Å². The molecule has 1 aromatic carbocycles. The number of rotatable bonds is 6. The molecule has 0 aliphatic carbocycles. The summed E-state index contributed by atoms with van der Waals surface area (Å²) < 4.78 is 5.64. The molecule has 4 nitrogen and oxygen atoms in total. The average Bonchev–Trinajstić information content (AvgIpc) is 2.96. The van der Waals surface area contributed by atoms with Crippen LogP contribution in [0.3, 0.4) is 0 Å². The predicted molar refractivity (Wildman–Crippen MR) is 87.4 cm³/mol. The summed E-state index contributed by atoms with van der Waals surface area (Å²) in [7, 11) is 0. The minimum atomic E-state index is -0.0336. The van der Waals surface area contributed by atoms with E-state index in [4.69, 9.17) is 4.74 Å². The van der Waals surface area contributed by atoms with Gasteiger partial charge in [0.2, 0.25) is 0 Å². The fourth-order valence-corrected chi connectivity index (χ4v) is 2.24. The highest BCUT2D eigenvalue weighted by atomic mass is 35.5. The van der Waals surface area contributed by atoms with E-state index in [2.05, 4.69) is 24.5 Å². The van der Waals surface area contributed by atoms with Gasteiger partial charge in [0, 0.05) is 18.2 Å². The van der Waals surface area contributed by atoms with Crippen LogP contribution in [0, 0.1) is 5.92 Å². The van der Waals surface area contributed by atoms with Crippen LogP contribution in [0.5, 0.6) is 5.75 Å². The molecule has 2 N–H and O–H groups in total. The van der Waals surface area contributed by atoms with E-state index in [9.17, 15) is 4.79 Å². The maximum absolute atomic E-state index is 12.1. The maximum atomic E-state index is 12.1. The van der Waals surface area contributed by atoms with Crippen molar-refractivity contribution in [2.75, 3.05) is 19.7 Å². The molecule has 1 saturated heterocycles. The monoisotopic (exact) mass is 312 g/mol. The van der Waals surface area contributed by atoms with Crippen LogP contribution in [0.2, 0.25) is 0 Å². The minimum absolute atomic E-state index is 0. The number of amides is 1. The van der Waals surface area contributed by atoms with Crippen molar-refractivity contribution in [3.8, 4) is 5.75 Å². The van der Waals surface area contributed by atoms with Gasteiger partial charge in [0.1, 0.15) is 5.75 Å². The third kappa shape index (κ3) is 5.94. The Morgan fingerprint density at radius 1 is 1.48 bits per heavy atom. The van der Waals surface area contributed by atoms with Crippen molar-refractivity contribution in [2.24, 2.45) is 5.92 Å². The van der Waals surface area contributed by atoms with Crippen LogP contribution in [0.15, 0.2) is 24.3 Å². The Kier molecular flexibility index (Phi) is 7.54. The van der Waals surface area contributed by atoms with E-state index in [1.54, 1.807) is 6.07 Å². The zero-order valence-corrected chi connectivity index (χ0v) is 13.5. The Balaban J connectivity index is 0.00000220. The molecule has 1 aliphatic rings. The zero-order chi connectivity index (χ0) is 14.4. The van der Waals surface area contributed by atoms with Gasteiger partial charge in [0.15, 0.2) is 0 Å². The van der Waals surface area contributed by atoms with Gasteiger partial charge in [-0.1, -0.05) is 19.9 Å². The van der Waals surface area contributed by atoms with Crippen molar-refractivity contribution in [3.63, 3.8) is 0 Å². The molecule has 1 aromatic rings. The lowest BCUT2D eigenvalue weighted by molar-refractivity contribution is 0.0950. The van der Waals surface area contributed by atoms with Crippen LogP contribution in [-0.4, -0.2) is 31.6 Å². The van der Waals surface area contributed by atoms with Crippen molar-refractivity contribution < 1.29 is 9.53 Å². The lowest BCUT2D eigenvalue weighted by Crippen LogP contribution is -2.37. The highest BCUT2D eigenvalue weighted by Gasteiger charge is 2.15. The number of hydrogen-bond acceptors (Lipinski definition) is 3. The second-order valence-corrected chi connectivity index (χ2v) is 5.74. The number of ether oxygens (including phenoxy) is 1. The van der Waals surface area contributed by atoms with Gasteiger partial charge in [-0.15, -0.1) is 12.4 Å². The highest BCUT2D eigenvalue weighted by Crippen LogP contribution is 2.14. The van der Waals surface area contributed by atoms with Gasteiger partial charge in [-0.3, -0.25) is 4.79 Å². The quantitative estimate of drug-likeness (QED) is 0.849.